The molecule has 0 aromatic heterocycles. The molecule has 2 unspecified atom stereocenters. The number of imide groups is 1. The van der Waals surface area contributed by atoms with Gasteiger partial charge in [-0.2, -0.15) is 0 Å². The SMILES string of the molecule is CCC(=O)N1C(=O)OC(C)C1C. The highest BCUT2D eigenvalue weighted by Gasteiger charge is 2.39. The van der Waals surface area contributed by atoms with E-state index in [9.17, 15) is 9.59 Å². The Kier molecular flexibility index (Phi) is 2.35. The lowest BCUT2D eigenvalue weighted by Gasteiger charge is -2.15. The third kappa shape index (κ3) is 1.29. The van der Waals surface area contributed by atoms with Gasteiger partial charge in [0.1, 0.15) is 6.10 Å². The van der Waals surface area contributed by atoms with Gasteiger partial charge >= 0.3 is 6.09 Å². The lowest BCUT2D eigenvalue weighted by molar-refractivity contribution is -0.128. The molecule has 1 aliphatic rings. The van der Waals surface area contributed by atoms with E-state index < -0.39 is 6.09 Å². The maximum Gasteiger partial charge on any atom is 0.417 e. The molecule has 0 radical (unpaired) electrons. The number of cyclic esters (lactones) is 1. The fourth-order valence-electron chi connectivity index (χ4n) is 1.19. The Labute approximate surface area is 71.5 Å². The summed E-state index contributed by atoms with van der Waals surface area (Å²) in [6, 6.07) is -0.134. The van der Waals surface area contributed by atoms with Gasteiger partial charge in [-0.3, -0.25) is 4.79 Å². The minimum Gasteiger partial charge on any atom is -0.444 e. The van der Waals surface area contributed by atoms with Gasteiger partial charge in [-0.05, 0) is 13.8 Å². The van der Waals surface area contributed by atoms with Crippen LogP contribution < -0.4 is 0 Å². The Bertz CT molecular complexity index is 206. The maximum absolute atomic E-state index is 11.2. The monoisotopic (exact) mass is 171 g/mol. The largest absolute Gasteiger partial charge is 0.444 e. The number of carbonyl (C=O) groups excluding carboxylic acids is 2. The molecule has 1 rings (SSSR count). The normalized spacial score (nSPS) is 28.9. The van der Waals surface area contributed by atoms with Gasteiger partial charge in [0.15, 0.2) is 0 Å². The van der Waals surface area contributed by atoms with Crippen LogP contribution in [0.5, 0.6) is 0 Å². The highest BCUT2D eigenvalue weighted by Crippen LogP contribution is 2.19. The molecule has 0 saturated carbocycles. The van der Waals surface area contributed by atoms with Crippen molar-refractivity contribution in [3.05, 3.63) is 0 Å². The number of nitrogens with zero attached hydrogens (tertiary/aromatic N) is 1. The van der Waals surface area contributed by atoms with Crippen molar-refractivity contribution in [2.75, 3.05) is 0 Å². The molecular weight excluding hydrogens is 158 g/mol. The molecule has 1 fully saturated rings. The number of ether oxygens (including phenoxy) is 1. The van der Waals surface area contributed by atoms with Crippen LogP contribution in [0.1, 0.15) is 27.2 Å². The van der Waals surface area contributed by atoms with Gasteiger partial charge in [-0.25, -0.2) is 9.69 Å². The number of hydrogen-bond acceptors (Lipinski definition) is 3. The lowest BCUT2D eigenvalue weighted by Crippen LogP contribution is -2.38. The van der Waals surface area contributed by atoms with Crippen LogP contribution in [-0.4, -0.2) is 29.0 Å². The average Bonchev–Trinajstić information content (AvgIpc) is 2.26. The molecule has 1 heterocycles. The Balaban J connectivity index is 2.76. The minimum atomic E-state index is -0.512. The first-order valence-electron chi connectivity index (χ1n) is 4.10. The quantitative estimate of drug-likeness (QED) is 0.594. The third-order valence-corrected chi connectivity index (χ3v) is 2.14. The molecule has 0 spiro atoms. The van der Waals surface area contributed by atoms with Gasteiger partial charge in [0.2, 0.25) is 5.91 Å². The van der Waals surface area contributed by atoms with E-state index in [-0.39, 0.29) is 18.1 Å². The number of carbonyl (C=O) groups is 2. The Morgan fingerprint density at radius 1 is 1.58 bits per heavy atom. The summed E-state index contributed by atoms with van der Waals surface area (Å²) in [5.41, 5.74) is 0. The van der Waals surface area contributed by atoms with E-state index in [0.29, 0.717) is 6.42 Å². The zero-order valence-electron chi connectivity index (χ0n) is 7.53. The Hall–Kier alpha value is -1.06. The zero-order valence-corrected chi connectivity index (χ0v) is 7.53. The second-order valence-electron chi connectivity index (χ2n) is 2.95. The van der Waals surface area contributed by atoms with Crippen LogP contribution >= 0.6 is 0 Å². The predicted molar refractivity (Wildman–Crippen MR) is 42.5 cm³/mol. The van der Waals surface area contributed by atoms with E-state index in [1.54, 1.807) is 13.8 Å². The molecule has 4 heteroatoms. The van der Waals surface area contributed by atoms with E-state index in [2.05, 4.69) is 0 Å². The molecule has 0 aromatic rings. The molecule has 2 amide bonds. The molecule has 0 N–H and O–H groups in total. The zero-order chi connectivity index (χ0) is 9.30. The highest BCUT2D eigenvalue weighted by molar-refractivity contribution is 5.93. The van der Waals surface area contributed by atoms with Crippen LogP contribution in [0.25, 0.3) is 0 Å². The molecule has 0 aliphatic carbocycles. The smallest absolute Gasteiger partial charge is 0.417 e. The summed E-state index contributed by atoms with van der Waals surface area (Å²) in [6.45, 7) is 5.32. The van der Waals surface area contributed by atoms with Crippen LogP contribution in [0.3, 0.4) is 0 Å². The van der Waals surface area contributed by atoms with Crippen molar-refractivity contribution >= 4 is 12.0 Å². The van der Waals surface area contributed by atoms with E-state index in [4.69, 9.17) is 4.74 Å². The minimum absolute atomic E-state index is 0.134. The molecular formula is C8H13NO3. The van der Waals surface area contributed by atoms with Crippen molar-refractivity contribution in [3.63, 3.8) is 0 Å². The molecule has 68 valence electrons. The molecule has 1 aliphatic heterocycles. The molecule has 1 saturated heterocycles. The number of amides is 2. The van der Waals surface area contributed by atoms with Gasteiger partial charge in [0.25, 0.3) is 0 Å². The fourth-order valence-corrected chi connectivity index (χ4v) is 1.19. The summed E-state index contributed by atoms with van der Waals surface area (Å²) < 4.78 is 4.88. The number of hydrogen-bond donors (Lipinski definition) is 0. The Morgan fingerprint density at radius 2 is 2.17 bits per heavy atom. The van der Waals surface area contributed by atoms with Crippen LogP contribution in [0.15, 0.2) is 0 Å². The van der Waals surface area contributed by atoms with Gasteiger partial charge in [-0.15, -0.1) is 0 Å². The van der Waals surface area contributed by atoms with Gasteiger partial charge in [0.05, 0.1) is 6.04 Å². The summed E-state index contributed by atoms with van der Waals surface area (Å²) in [5, 5.41) is 0. The molecule has 4 nitrogen and oxygen atoms in total. The summed E-state index contributed by atoms with van der Waals surface area (Å²) in [5.74, 6) is -0.170. The summed E-state index contributed by atoms with van der Waals surface area (Å²) in [7, 11) is 0. The Morgan fingerprint density at radius 3 is 2.50 bits per heavy atom. The third-order valence-electron chi connectivity index (χ3n) is 2.14. The molecule has 0 aromatic carbocycles. The average molecular weight is 171 g/mol. The first kappa shape index (κ1) is 9.03. The van der Waals surface area contributed by atoms with Crippen LogP contribution in [0.2, 0.25) is 0 Å². The first-order chi connectivity index (χ1) is 5.57. The fraction of sp³-hybridized carbons (Fsp3) is 0.750. The lowest BCUT2D eigenvalue weighted by atomic mass is 10.2. The van der Waals surface area contributed by atoms with Gasteiger partial charge < -0.3 is 4.74 Å². The van der Waals surface area contributed by atoms with Crippen molar-refractivity contribution in [1.29, 1.82) is 0 Å². The highest BCUT2D eigenvalue weighted by atomic mass is 16.6. The van der Waals surface area contributed by atoms with Crippen molar-refractivity contribution in [2.45, 2.75) is 39.3 Å². The molecule has 12 heavy (non-hydrogen) atoms. The predicted octanol–water partition coefficient (Wildman–Crippen LogP) is 1.15. The van der Waals surface area contributed by atoms with E-state index in [1.807, 2.05) is 6.92 Å². The topological polar surface area (TPSA) is 46.6 Å². The van der Waals surface area contributed by atoms with Gasteiger partial charge in [-0.1, -0.05) is 6.92 Å². The summed E-state index contributed by atoms with van der Waals surface area (Å²) in [4.78, 5) is 23.5. The standard InChI is InChI=1S/C8H13NO3/c1-4-7(10)9-5(2)6(3)12-8(9)11/h5-6H,4H2,1-3H3. The van der Waals surface area contributed by atoms with Crippen molar-refractivity contribution in [3.8, 4) is 0 Å². The second-order valence-corrected chi connectivity index (χ2v) is 2.95. The van der Waals surface area contributed by atoms with Crippen molar-refractivity contribution in [1.82, 2.24) is 4.90 Å². The van der Waals surface area contributed by atoms with Crippen LogP contribution in [-0.2, 0) is 9.53 Å². The molecule has 0 bridgehead atoms. The number of rotatable bonds is 1. The summed E-state index contributed by atoms with van der Waals surface area (Å²) in [6.07, 6.45) is -0.360. The van der Waals surface area contributed by atoms with Crippen molar-refractivity contribution in [2.24, 2.45) is 0 Å². The summed E-state index contributed by atoms with van der Waals surface area (Å²) >= 11 is 0. The van der Waals surface area contributed by atoms with Gasteiger partial charge in [0, 0.05) is 6.42 Å². The second kappa shape index (κ2) is 3.13. The van der Waals surface area contributed by atoms with E-state index in [0.717, 1.165) is 0 Å². The maximum atomic E-state index is 11.2. The van der Waals surface area contributed by atoms with Crippen LogP contribution in [0.4, 0.5) is 4.79 Å². The first-order valence-corrected chi connectivity index (χ1v) is 4.10. The van der Waals surface area contributed by atoms with E-state index >= 15 is 0 Å². The van der Waals surface area contributed by atoms with Crippen LogP contribution in [0, 0.1) is 0 Å². The van der Waals surface area contributed by atoms with E-state index in [1.165, 1.54) is 4.90 Å². The molecule has 2 atom stereocenters. The van der Waals surface area contributed by atoms with Crippen molar-refractivity contribution < 1.29 is 14.3 Å².